The van der Waals surface area contributed by atoms with Crippen molar-refractivity contribution >= 4 is 27.7 Å². The summed E-state index contributed by atoms with van der Waals surface area (Å²) in [5, 5.41) is 2.58. The van der Waals surface area contributed by atoms with Gasteiger partial charge in [-0.15, -0.1) is 0 Å². The zero-order valence-electron chi connectivity index (χ0n) is 23.4. The summed E-state index contributed by atoms with van der Waals surface area (Å²) in [7, 11) is -4.53. The van der Waals surface area contributed by atoms with Crippen LogP contribution in [0.5, 0.6) is 0 Å². The highest BCUT2D eigenvalue weighted by Crippen LogP contribution is 2.37. The van der Waals surface area contributed by atoms with E-state index >= 15 is 0 Å². The van der Waals surface area contributed by atoms with E-state index < -0.39 is 44.4 Å². The van der Waals surface area contributed by atoms with Gasteiger partial charge in [-0.25, -0.2) is 17.9 Å². The number of halogens is 3. The molecule has 0 radical (unpaired) electrons. The third kappa shape index (κ3) is 7.68. The smallest absolute Gasteiger partial charge is 0.417 e. The molecule has 0 atom stereocenters. The van der Waals surface area contributed by atoms with Gasteiger partial charge in [0.15, 0.2) is 0 Å². The largest absolute Gasteiger partial charge is 0.444 e. The number of carbonyl (C=O) groups is 2. The molecule has 4 rings (SSSR count). The average Bonchev–Trinajstić information content (AvgIpc) is 2.92. The van der Waals surface area contributed by atoms with Gasteiger partial charge in [-0.1, -0.05) is 48.5 Å². The third-order valence-corrected chi connectivity index (χ3v) is 8.16. The van der Waals surface area contributed by atoms with Crippen LogP contribution in [0.15, 0.2) is 77.7 Å². The number of nitrogens with one attached hydrogen (secondary N) is 2. The normalized spacial score (nSPS) is 14.9. The number of para-hydroxylation sites is 1. The lowest BCUT2D eigenvalue weighted by Crippen LogP contribution is -2.46. The summed E-state index contributed by atoms with van der Waals surface area (Å²) in [6.45, 7) is 5.46. The van der Waals surface area contributed by atoms with Crippen molar-refractivity contribution in [2.24, 2.45) is 0 Å². The standard InChI is InChI=1S/C30H32F3N3O5S/c1-29(2,3)41-28(38)34-25-12-8-7-11-23(25)27(37)36-17-15-22(16-18-36)35-42(39,40)26-14-13-21(19-24(26)30(31,32)33)20-9-5-4-6-10-20/h4-14,19,22,35H,15-18H2,1-3H3,(H,34,38). The van der Waals surface area contributed by atoms with E-state index in [4.69, 9.17) is 4.74 Å². The molecule has 2 amide bonds. The van der Waals surface area contributed by atoms with Crippen molar-refractivity contribution in [1.82, 2.24) is 9.62 Å². The predicted molar refractivity (Wildman–Crippen MR) is 152 cm³/mol. The van der Waals surface area contributed by atoms with Crippen molar-refractivity contribution in [3.63, 3.8) is 0 Å². The first kappa shape index (κ1) is 31.0. The minimum Gasteiger partial charge on any atom is -0.444 e. The molecule has 3 aromatic rings. The summed E-state index contributed by atoms with van der Waals surface area (Å²) in [5.41, 5.74) is -0.717. The quantitative estimate of drug-likeness (QED) is 0.344. The molecule has 0 spiro atoms. The van der Waals surface area contributed by atoms with Crippen molar-refractivity contribution in [3.8, 4) is 11.1 Å². The third-order valence-electron chi connectivity index (χ3n) is 6.58. The molecule has 1 aliphatic rings. The number of carbonyl (C=O) groups excluding carboxylic acids is 2. The Morgan fingerprint density at radius 3 is 2.12 bits per heavy atom. The monoisotopic (exact) mass is 603 g/mol. The van der Waals surface area contributed by atoms with E-state index in [1.807, 2.05) is 0 Å². The SMILES string of the molecule is CC(C)(C)OC(=O)Nc1ccccc1C(=O)N1CCC(NS(=O)(=O)c2ccc(-c3ccccc3)cc2C(F)(F)F)CC1. The molecule has 0 aromatic heterocycles. The lowest BCUT2D eigenvalue weighted by molar-refractivity contribution is -0.139. The number of nitrogens with zero attached hydrogens (tertiary/aromatic N) is 1. The highest BCUT2D eigenvalue weighted by molar-refractivity contribution is 7.89. The van der Waals surface area contributed by atoms with Crippen LogP contribution in [-0.2, 0) is 20.9 Å². The molecule has 2 N–H and O–H groups in total. The molecule has 224 valence electrons. The van der Waals surface area contributed by atoms with E-state index in [-0.39, 0.29) is 48.7 Å². The van der Waals surface area contributed by atoms with Gasteiger partial charge in [0, 0.05) is 19.1 Å². The minimum absolute atomic E-state index is 0.159. The number of amides is 2. The van der Waals surface area contributed by atoms with E-state index in [2.05, 4.69) is 10.0 Å². The molecular weight excluding hydrogens is 571 g/mol. The van der Waals surface area contributed by atoms with E-state index in [0.29, 0.717) is 5.56 Å². The molecule has 1 fully saturated rings. The van der Waals surface area contributed by atoms with Crippen molar-refractivity contribution in [1.29, 1.82) is 0 Å². The Bertz CT molecular complexity index is 1550. The van der Waals surface area contributed by atoms with Crippen LogP contribution in [0, 0.1) is 0 Å². The Balaban J connectivity index is 1.45. The first-order chi connectivity index (χ1) is 19.6. The van der Waals surface area contributed by atoms with Crippen molar-refractivity contribution in [3.05, 3.63) is 83.9 Å². The summed E-state index contributed by atoms with van der Waals surface area (Å²) in [4.78, 5) is 26.2. The Morgan fingerprint density at radius 2 is 1.50 bits per heavy atom. The Kier molecular flexibility index (Phi) is 8.98. The van der Waals surface area contributed by atoms with Crippen molar-refractivity contribution in [2.45, 2.75) is 56.3 Å². The Hall–Kier alpha value is -3.90. The van der Waals surface area contributed by atoms with Gasteiger partial charge < -0.3 is 9.64 Å². The first-order valence-corrected chi connectivity index (χ1v) is 14.8. The molecule has 0 bridgehead atoms. The number of ether oxygens (including phenoxy) is 1. The van der Waals surface area contributed by atoms with E-state index in [9.17, 15) is 31.2 Å². The van der Waals surface area contributed by atoms with E-state index in [0.717, 1.165) is 12.1 Å². The highest BCUT2D eigenvalue weighted by Gasteiger charge is 2.38. The summed E-state index contributed by atoms with van der Waals surface area (Å²) in [6.07, 6.45) is -5.23. The first-order valence-electron chi connectivity index (χ1n) is 13.3. The number of hydrogen-bond acceptors (Lipinski definition) is 5. The number of hydrogen-bond donors (Lipinski definition) is 2. The molecule has 1 heterocycles. The molecule has 8 nitrogen and oxygen atoms in total. The Morgan fingerprint density at radius 1 is 0.881 bits per heavy atom. The number of rotatable bonds is 6. The van der Waals surface area contributed by atoms with E-state index in [1.54, 1.807) is 75.4 Å². The Labute approximate surface area is 242 Å². The van der Waals surface area contributed by atoms with Gasteiger partial charge in [0.2, 0.25) is 10.0 Å². The van der Waals surface area contributed by atoms with Crippen LogP contribution in [0.1, 0.15) is 49.5 Å². The van der Waals surface area contributed by atoms with Gasteiger partial charge in [-0.2, -0.15) is 13.2 Å². The van der Waals surface area contributed by atoms with Gasteiger partial charge in [0.25, 0.3) is 5.91 Å². The van der Waals surface area contributed by atoms with Gasteiger partial charge in [-0.05, 0) is 69.0 Å². The molecular formula is C30H32F3N3O5S. The lowest BCUT2D eigenvalue weighted by Gasteiger charge is -2.33. The molecule has 12 heteroatoms. The van der Waals surface area contributed by atoms with Crippen molar-refractivity contribution in [2.75, 3.05) is 18.4 Å². The fourth-order valence-electron chi connectivity index (χ4n) is 4.64. The number of piperidine rings is 1. The van der Waals surface area contributed by atoms with Crippen LogP contribution < -0.4 is 10.0 Å². The molecule has 0 aliphatic carbocycles. The maximum atomic E-state index is 14.0. The highest BCUT2D eigenvalue weighted by atomic mass is 32.2. The van der Waals surface area contributed by atoms with Crippen molar-refractivity contribution < 1.29 is 35.9 Å². The maximum Gasteiger partial charge on any atom is 0.417 e. The van der Waals surface area contributed by atoms with E-state index in [1.165, 1.54) is 11.0 Å². The summed E-state index contributed by atoms with van der Waals surface area (Å²) >= 11 is 0. The number of alkyl halides is 3. The summed E-state index contributed by atoms with van der Waals surface area (Å²) in [5.74, 6) is -0.376. The maximum absolute atomic E-state index is 14.0. The van der Waals surface area contributed by atoms with Crippen LogP contribution in [0.25, 0.3) is 11.1 Å². The van der Waals surface area contributed by atoms with Gasteiger partial charge in [0.05, 0.1) is 21.7 Å². The average molecular weight is 604 g/mol. The number of sulfonamides is 1. The van der Waals surface area contributed by atoms with Crippen LogP contribution in [-0.4, -0.2) is 50.1 Å². The van der Waals surface area contributed by atoms with Crippen LogP contribution >= 0.6 is 0 Å². The lowest BCUT2D eigenvalue weighted by atomic mass is 10.0. The van der Waals surface area contributed by atoms with Gasteiger partial charge in [-0.3, -0.25) is 10.1 Å². The molecule has 42 heavy (non-hydrogen) atoms. The molecule has 3 aromatic carbocycles. The number of likely N-dealkylation sites (tertiary alicyclic amines) is 1. The fraction of sp³-hybridized carbons (Fsp3) is 0.333. The zero-order valence-corrected chi connectivity index (χ0v) is 24.2. The van der Waals surface area contributed by atoms with Crippen LogP contribution in [0.2, 0.25) is 0 Å². The van der Waals surface area contributed by atoms with Gasteiger partial charge in [0.1, 0.15) is 5.60 Å². The molecule has 0 saturated carbocycles. The fourth-order valence-corrected chi connectivity index (χ4v) is 6.15. The van der Waals surface area contributed by atoms with Crippen LogP contribution in [0.3, 0.4) is 0 Å². The second-order valence-electron chi connectivity index (χ2n) is 10.9. The summed E-state index contributed by atoms with van der Waals surface area (Å²) in [6, 6.07) is 17.3. The number of anilines is 1. The topological polar surface area (TPSA) is 105 Å². The second-order valence-corrected chi connectivity index (χ2v) is 12.6. The predicted octanol–water partition coefficient (Wildman–Crippen LogP) is 6.30. The zero-order chi connectivity index (χ0) is 30.7. The molecule has 1 aliphatic heterocycles. The minimum atomic E-state index is -4.90. The number of benzene rings is 3. The summed E-state index contributed by atoms with van der Waals surface area (Å²) < 4.78 is 75.9. The van der Waals surface area contributed by atoms with Gasteiger partial charge >= 0.3 is 12.3 Å². The second kappa shape index (κ2) is 12.1. The molecule has 1 saturated heterocycles. The molecule has 0 unspecified atom stereocenters. The van der Waals surface area contributed by atoms with Crippen LogP contribution in [0.4, 0.5) is 23.7 Å².